The van der Waals surface area contributed by atoms with Crippen LogP contribution < -0.4 is 0 Å². The zero-order valence-electron chi connectivity index (χ0n) is 26.1. The van der Waals surface area contributed by atoms with Crippen LogP contribution in [0.2, 0.25) is 0 Å². The van der Waals surface area contributed by atoms with Gasteiger partial charge in [-0.25, -0.2) is 0 Å². The van der Waals surface area contributed by atoms with E-state index in [0.29, 0.717) is 19.3 Å². The summed E-state index contributed by atoms with van der Waals surface area (Å²) in [5.41, 5.74) is 0. The minimum atomic E-state index is -0.782. The highest BCUT2D eigenvalue weighted by molar-refractivity contribution is 5.69. The van der Waals surface area contributed by atoms with E-state index in [1.807, 2.05) is 0 Å². The van der Waals surface area contributed by atoms with Crippen LogP contribution in [0.1, 0.15) is 162 Å². The Hall–Kier alpha value is -2.10. The number of rotatable bonds is 29. The predicted molar refractivity (Wildman–Crippen MR) is 172 cm³/mol. The van der Waals surface area contributed by atoms with Gasteiger partial charge in [0.2, 0.25) is 0 Å². The second kappa shape index (κ2) is 31.4. The van der Waals surface area contributed by atoms with Crippen molar-refractivity contribution in [3.05, 3.63) is 48.6 Å². The van der Waals surface area contributed by atoms with Crippen molar-refractivity contribution >= 4 is 11.9 Å². The molecule has 4 heteroatoms. The van der Waals surface area contributed by atoms with Crippen LogP contribution in [-0.2, 0) is 14.3 Å². The van der Waals surface area contributed by atoms with E-state index in [1.54, 1.807) is 0 Å². The van der Waals surface area contributed by atoms with Crippen LogP contribution >= 0.6 is 0 Å². The monoisotopic (exact) mass is 558 g/mol. The summed E-state index contributed by atoms with van der Waals surface area (Å²) in [6, 6.07) is 0. The Morgan fingerprint density at radius 3 is 1.57 bits per heavy atom. The lowest BCUT2D eigenvalue weighted by Crippen LogP contribution is -2.18. The molecule has 0 aromatic carbocycles. The molecule has 4 nitrogen and oxygen atoms in total. The summed E-state index contributed by atoms with van der Waals surface area (Å²) < 4.78 is 5.75. The highest BCUT2D eigenvalue weighted by atomic mass is 16.5. The Labute approximate surface area is 247 Å². The first-order valence-corrected chi connectivity index (χ1v) is 16.6. The highest BCUT2D eigenvalue weighted by Gasteiger charge is 2.15. The molecule has 1 N–H and O–H groups in total. The van der Waals surface area contributed by atoms with Gasteiger partial charge in [0.1, 0.15) is 6.10 Å². The molecule has 0 aliphatic heterocycles. The molecule has 0 radical (unpaired) electrons. The molecular weight excluding hydrogens is 496 g/mol. The van der Waals surface area contributed by atoms with E-state index < -0.39 is 5.97 Å². The number of esters is 1. The fourth-order valence-corrected chi connectivity index (χ4v) is 4.59. The van der Waals surface area contributed by atoms with Crippen LogP contribution in [0.3, 0.4) is 0 Å². The molecule has 0 saturated heterocycles. The number of carboxylic acid groups (broad SMARTS) is 1. The lowest BCUT2D eigenvalue weighted by Gasteiger charge is -2.18. The number of carboxylic acids is 1. The van der Waals surface area contributed by atoms with Crippen LogP contribution in [0, 0.1) is 0 Å². The van der Waals surface area contributed by atoms with Crippen molar-refractivity contribution in [1.29, 1.82) is 0 Å². The molecule has 40 heavy (non-hydrogen) atoms. The number of hydrogen-bond acceptors (Lipinski definition) is 3. The number of carbonyl (C=O) groups is 2. The van der Waals surface area contributed by atoms with Gasteiger partial charge in [-0.05, 0) is 77.0 Å². The molecule has 0 aromatic rings. The van der Waals surface area contributed by atoms with Crippen molar-refractivity contribution in [2.24, 2.45) is 0 Å². The van der Waals surface area contributed by atoms with E-state index in [0.717, 1.165) is 64.2 Å². The normalized spacial score (nSPS) is 12.8. The zero-order chi connectivity index (χ0) is 29.4. The van der Waals surface area contributed by atoms with Gasteiger partial charge in [-0.1, -0.05) is 120 Å². The molecule has 1 unspecified atom stereocenters. The van der Waals surface area contributed by atoms with Crippen molar-refractivity contribution in [1.82, 2.24) is 0 Å². The van der Waals surface area contributed by atoms with Gasteiger partial charge < -0.3 is 9.84 Å². The minimum absolute atomic E-state index is 0.124. The van der Waals surface area contributed by atoms with Crippen molar-refractivity contribution in [2.75, 3.05) is 0 Å². The third-order valence-corrected chi connectivity index (χ3v) is 7.05. The lowest BCUT2D eigenvalue weighted by molar-refractivity contribution is -0.150. The van der Waals surface area contributed by atoms with Crippen LogP contribution in [0.25, 0.3) is 0 Å². The summed E-state index contributed by atoms with van der Waals surface area (Å²) in [7, 11) is 0. The molecule has 0 saturated carbocycles. The fourth-order valence-electron chi connectivity index (χ4n) is 4.59. The molecular formula is C36H62O4. The molecule has 0 fully saturated rings. The Morgan fingerprint density at radius 1 is 0.550 bits per heavy atom. The summed E-state index contributed by atoms with van der Waals surface area (Å²) in [6.07, 6.45) is 41.2. The molecule has 0 bridgehead atoms. The molecule has 0 spiro atoms. The van der Waals surface area contributed by atoms with Crippen LogP contribution in [0.5, 0.6) is 0 Å². The van der Waals surface area contributed by atoms with E-state index in [2.05, 4.69) is 62.5 Å². The molecule has 0 aliphatic carbocycles. The van der Waals surface area contributed by atoms with E-state index in [1.165, 1.54) is 57.8 Å². The number of hydrogen-bond donors (Lipinski definition) is 1. The summed E-state index contributed by atoms with van der Waals surface area (Å²) in [4.78, 5) is 23.2. The molecule has 0 aliphatic rings. The summed E-state index contributed by atoms with van der Waals surface area (Å²) >= 11 is 0. The Morgan fingerprint density at radius 2 is 1.00 bits per heavy atom. The van der Waals surface area contributed by atoms with Gasteiger partial charge in [0.25, 0.3) is 0 Å². The third kappa shape index (κ3) is 30.4. The topological polar surface area (TPSA) is 63.6 Å². The number of unbranched alkanes of at least 4 members (excludes halogenated alkanes) is 12. The first-order chi connectivity index (χ1) is 19.6. The van der Waals surface area contributed by atoms with E-state index in [4.69, 9.17) is 9.84 Å². The molecule has 1 atom stereocenters. The molecule has 0 aromatic heterocycles. The van der Waals surface area contributed by atoms with Gasteiger partial charge in [-0.2, -0.15) is 0 Å². The molecule has 0 rings (SSSR count). The third-order valence-electron chi connectivity index (χ3n) is 7.05. The Bertz CT molecular complexity index is 689. The van der Waals surface area contributed by atoms with Crippen molar-refractivity contribution < 1.29 is 19.4 Å². The Kier molecular flexibility index (Phi) is 29.8. The minimum Gasteiger partial charge on any atom is -0.481 e. The fraction of sp³-hybridized carbons (Fsp3) is 0.722. The predicted octanol–water partition coefficient (Wildman–Crippen LogP) is 11.2. The maximum atomic E-state index is 12.4. The number of carbonyl (C=O) groups excluding carboxylic acids is 1. The smallest absolute Gasteiger partial charge is 0.306 e. The van der Waals surface area contributed by atoms with Gasteiger partial charge in [-0.15, -0.1) is 0 Å². The second-order valence-electron chi connectivity index (χ2n) is 11.0. The maximum absolute atomic E-state index is 12.4. The van der Waals surface area contributed by atoms with Crippen molar-refractivity contribution in [3.8, 4) is 0 Å². The standard InChI is InChI=1S/C36H62O4/c1-3-5-7-9-11-12-13-14-15-16-17-18-19-20-21-22-24-26-28-33-36(39)40-34(31-29-32-35(37)38)30-27-25-23-10-8-6-4-2/h11-12,14-15,17-18,20-21,34H,3-10,13,16,19,22-33H2,1-2H3,(H,37,38)/b12-11-,15-14-,18-17-,21-20-. The number of aliphatic carboxylic acids is 1. The first kappa shape index (κ1) is 37.9. The summed E-state index contributed by atoms with van der Waals surface area (Å²) in [5, 5.41) is 8.93. The molecule has 0 amide bonds. The Balaban J connectivity index is 3.89. The summed E-state index contributed by atoms with van der Waals surface area (Å²) in [6.45, 7) is 4.47. The lowest BCUT2D eigenvalue weighted by atomic mass is 10.0. The molecule has 0 heterocycles. The highest BCUT2D eigenvalue weighted by Crippen LogP contribution is 2.17. The van der Waals surface area contributed by atoms with Gasteiger partial charge in [0, 0.05) is 12.8 Å². The summed E-state index contributed by atoms with van der Waals surface area (Å²) in [5.74, 6) is -0.906. The molecule has 230 valence electrons. The number of ether oxygens (including phenoxy) is 1. The van der Waals surface area contributed by atoms with E-state index in [9.17, 15) is 9.59 Å². The van der Waals surface area contributed by atoms with E-state index >= 15 is 0 Å². The van der Waals surface area contributed by atoms with Crippen LogP contribution in [-0.4, -0.2) is 23.1 Å². The quantitative estimate of drug-likeness (QED) is 0.0563. The van der Waals surface area contributed by atoms with Crippen LogP contribution in [0.15, 0.2) is 48.6 Å². The zero-order valence-corrected chi connectivity index (χ0v) is 26.1. The first-order valence-electron chi connectivity index (χ1n) is 16.6. The van der Waals surface area contributed by atoms with E-state index in [-0.39, 0.29) is 18.5 Å². The largest absolute Gasteiger partial charge is 0.481 e. The second-order valence-corrected chi connectivity index (χ2v) is 11.0. The average molecular weight is 559 g/mol. The maximum Gasteiger partial charge on any atom is 0.306 e. The SMILES string of the molecule is CCCCC/C=C\C/C=C\C/C=C\C/C=C\CCCCCC(=O)OC(CCCCCCCCC)CCCC(=O)O. The van der Waals surface area contributed by atoms with Crippen LogP contribution in [0.4, 0.5) is 0 Å². The van der Waals surface area contributed by atoms with Gasteiger partial charge in [0.15, 0.2) is 0 Å². The van der Waals surface area contributed by atoms with Crippen molar-refractivity contribution in [3.63, 3.8) is 0 Å². The number of allylic oxidation sites excluding steroid dienone is 8. The van der Waals surface area contributed by atoms with Gasteiger partial charge in [0.05, 0.1) is 0 Å². The average Bonchev–Trinajstić information content (AvgIpc) is 2.93. The van der Waals surface area contributed by atoms with Crippen molar-refractivity contribution in [2.45, 2.75) is 168 Å². The van der Waals surface area contributed by atoms with Gasteiger partial charge >= 0.3 is 11.9 Å². The van der Waals surface area contributed by atoms with Gasteiger partial charge in [-0.3, -0.25) is 9.59 Å².